The number of amides is 1. The van der Waals surface area contributed by atoms with E-state index in [0.29, 0.717) is 5.92 Å². The number of carbonyl (C=O) groups excluding carboxylic acids is 1. The molecule has 1 aromatic heterocycles. The van der Waals surface area contributed by atoms with Crippen molar-refractivity contribution in [3.05, 3.63) is 78.0 Å². The lowest BCUT2D eigenvalue weighted by Gasteiger charge is -2.32. The third kappa shape index (κ3) is 5.50. The Labute approximate surface area is 184 Å². The van der Waals surface area contributed by atoms with E-state index in [-0.39, 0.29) is 5.91 Å². The van der Waals surface area contributed by atoms with Crippen LogP contribution < -0.4 is 10.1 Å². The standard InChI is InChI=1S/C26H29N3O2/c1-19(30)27-23-12-8-20(9-13-23)17-29-16-4-5-22(18-29)26-7-3-6-25(28-26)21-10-14-24(31-2)15-11-21/h3,6-15,22H,4-5,16-18H2,1-2H3,(H,27,30). The molecule has 1 saturated heterocycles. The highest BCUT2D eigenvalue weighted by molar-refractivity contribution is 5.88. The lowest BCUT2D eigenvalue weighted by atomic mass is 9.93. The van der Waals surface area contributed by atoms with E-state index >= 15 is 0 Å². The van der Waals surface area contributed by atoms with Crippen molar-refractivity contribution in [3.8, 4) is 17.0 Å². The Morgan fingerprint density at radius 3 is 2.58 bits per heavy atom. The highest BCUT2D eigenvalue weighted by Crippen LogP contribution is 2.29. The second kappa shape index (κ2) is 9.75. The number of likely N-dealkylation sites (tertiary alicyclic amines) is 1. The first-order valence-electron chi connectivity index (χ1n) is 10.8. The van der Waals surface area contributed by atoms with E-state index in [1.54, 1.807) is 7.11 Å². The number of carbonyl (C=O) groups is 1. The molecule has 1 fully saturated rings. The van der Waals surface area contributed by atoms with E-state index in [1.165, 1.54) is 24.6 Å². The van der Waals surface area contributed by atoms with Gasteiger partial charge in [0.15, 0.2) is 0 Å². The van der Waals surface area contributed by atoms with Gasteiger partial charge in [0.2, 0.25) is 5.91 Å². The number of nitrogens with one attached hydrogen (secondary N) is 1. The fourth-order valence-electron chi connectivity index (χ4n) is 4.20. The third-order valence-electron chi connectivity index (χ3n) is 5.76. The fourth-order valence-corrected chi connectivity index (χ4v) is 4.20. The van der Waals surface area contributed by atoms with E-state index in [9.17, 15) is 4.79 Å². The van der Waals surface area contributed by atoms with Crippen LogP contribution in [0.5, 0.6) is 5.75 Å². The summed E-state index contributed by atoms with van der Waals surface area (Å²) >= 11 is 0. The molecular weight excluding hydrogens is 386 g/mol. The van der Waals surface area contributed by atoms with E-state index in [2.05, 4.69) is 52.7 Å². The molecule has 0 spiro atoms. The zero-order chi connectivity index (χ0) is 21.6. The van der Waals surface area contributed by atoms with Crippen LogP contribution >= 0.6 is 0 Å². The summed E-state index contributed by atoms with van der Waals surface area (Å²) in [5.74, 6) is 1.24. The smallest absolute Gasteiger partial charge is 0.221 e. The lowest BCUT2D eigenvalue weighted by Crippen LogP contribution is -2.34. The molecular formula is C26H29N3O2. The lowest BCUT2D eigenvalue weighted by molar-refractivity contribution is -0.114. The van der Waals surface area contributed by atoms with Crippen LogP contribution in [-0.2, 0) is 11.3 Å². The average Bonchev–Trinajstić information content (AvgIpc) is 2.80. The normalized spacial score (nSPS) is 16.6. The number of ether oxygens (including phenoxy) is 1. The molecule has 1 amide bonds. The monoisotopic (exact) mass is 415 g/mol. The minimum atomic E-state index is -0.0454. The first kappa shape index (κ1) is 21.1. The van der Waals surface area contributed by atoms with Crippen LogP contribution in [0, 0.1) is 0 Å². The molecule has 4 rings (SSSR count). The van der Waals surface area contributed by atoms with Crippen LogP contribution in [0.3, 0.4) is 0 Å². The van der Waals surface area contributed by atoms with Gasteiger partial charge >= 0.3 is 0 Å². The number of anilines is 1. The number of piperidine rings is 1. The Morgan fingerprint density at radius 2 is 1.87 bits per heavy atom. The summed E-state index contributed by atoms with van der Waals surface area (Å²) in [7, 11) is 1.68. The fraction of sp³-hybridized carbons (Fsp3) is 0.308. The van der Waals surface area contributed by atoms with Crippen LogP contribution in [0.2, 0.25) is 0 Å². The van der Waals surface area contributed by atoms with Crippen molar-refractivity contribution in [1.82, 2.24) is 9.88 Å². The summed E-state index contributed by atoms with van der Waals surface area (Å²) in [5, 5.41) is 2.82. The Hall–Kier alpha value is -3.18. The van der Waals surface area contributed by atoms with Gasteiger partial charge < -0.3 is 10.1 Å². The molecule has 0 aliphatic carbocycles. The molecule has 1 unspecified atom stereocenters. The van der Waals surface area contributed by atoms with Gasteiger partial charge in [-0.15, -0.1) is 0 Å². The predicted molar refractivity (Wildman–Crippen MR) is 124 cm³/mol. The molecule has 0 saturated carbocycles. The van der Waals surface area contributed by atoms with Crippen molar-refractivity contribution in [2.24, 2.45) is 0 Å². The van der Waals surface area contributed by atoms with E-state index in [0.717, 1.165) is 48.7 Å². The zero-order valence-electron chi connectivity index (χ0n) is 18.2. The van der Waals surface area contributed by atoms with Crippen LogP contribution in [0.4, 0.5) is 5.69 Å². The number of pyridine rings is 1. The average molecular weight is 416 g/mol. The minimum Gasteiger partial charge on any atom is -0.497 e. The zero-order valence-corrected chi connectivity index (χ0v) is 18.2. The van der Waals surface area contributed by atoms with Crippen LogP contribution in [0.25, 0.3) is 11.3 Å². The number of nitrogens with zero attached hydrogens (tertiary/aromatic N) is 2. The molecule has 1 atom stereocenters. The predicted octanol–water partition coefficient (Wildman–Crippen LogP) is 5.10. The molecule has 160 valence electrons. The Bertz CT molecular complexity index is 1020. The maximum Gasteiger partial charge on any atom is 0.221 e. The highest BCUT2D eigenvalue weighted by atomic mass is 16.5. The second-order valence-corrected chi connectivity index (χ2v) is 8.13. The van der Waals surface area contributed by atoms with E-state index < -0.39 is 0 Å². The number of benzene rings is 2. The van der Waals surface area contributed by atoms with Gasteiger partial charge in [0, 0.05) is 42.9 Å². The number of hydrogen-bond donors (Lipinski definition) is 1. The van der Waals surface area contributed by atoms with E-state index in [4.69, 9.17) is 9.72 Å². The number of hydrogen-bond acceptors (Lipinski definition) is 4. The van der Waals surface area contributed by atoms with Crippen molar-refractivity contribution in [2.75, 3.05) is 25.5 Å². The first-order chi connectivity index (χ1) is 15.1. The number of methoxy groups -OCH3 is 1. The molecule has 3 aromatic rings. The van der Waals surface area contributed by atoms with Crippen molar-refractivity contribution >= 4 is 11.6 Å². The molecule has 2 heterocycles. The van der Waals surface area contributed by atoms with E-state index in [1.807, 2.05) is 24.3 Å². The molecule has 1 N–H and O–H groups in total. The summed E-state index contributed by atoms with van der Waals surface area (Å²) < 4.78 is 5.26. The van der Waals surface area contributed by atoms with Gasteiger partial charge in [0.05, 0.1) is 12.8 Å². The number of aromatic nitrogens is 1. The number of rotatable bonds is 6. The molecule has 0 radical (unpaired) electrons. The Morgan fingerprint density at radius 1 is 1.10 bits per heavy atom. The summed E-state index contributed by atoms with van der Waals surface area (Å²) in [6.07, 6.45) is 2.33. The van der Waals surface area contributed by atoms with Gasteiger partial charge in [0.25, 0.3) is 0 Å². The van der Waals surface area contributed by atoms with Crippen LogP contribution in [-0.4, -0.2) is 36.0 Å². The quantitative estimate of drug-likeness (QED) is 0.609. The first-order valence-corrected chi connectivity index (χ1v) is 10.8. The summed E-state index contributed by atoms with van der Waals surface area (Å²) in [5.41, 5.74) is 5.38. The Kier molecular flexibility index (Phi) is 6.63. The maximum atomic E-state index is 11.2. The summed E-state index contributed by atoms with van der Waals surface area (Å²) in [4.78, 5) is 18.7. The Balaban J connectivity index is 1.43. The van der Waals surface area contributed by atoms with Crippen molar-refractivity contribution in [2.45, 2.75) is 32.2 Å². The largest absolute Gasteiger partial charge is 0.497 e. The highest BCUT2D eigenvalue weighted by Gasteiger charge is 2.22. The van der Waals surface area contributed by atoms with Gasteiger partial charge in [-0.3, -0.25) is 14.7 Å². The molecule has 0 bridgehead atoms. The van der Waals surface area contributed by atoms with Gasteiger partial charge in [0.1, 0.15) is 5.75 Å². The molecule has 1 aliphatic rings. The van der Waals surface area contributed by atoms with Gasteiger partial charge in [-0.1, -0.05) is 18.2 Å². The SMILES string of the molecule is COc1ccc(-c2cccc(C3CCCN(Cc4ccc(NC(C)=O)cc4)C3)n2)cc1. The molecule has 1 aliphatic heterocycles. The second-order valence-electron chi connectivity index (χ2n) is 8.13. The molecule has 5 heteroatoms. The third-order valence-corrected chi connectivity index (χ3v) is 5.76. The molecule has 5 nitrogen and oxygen atoms in total. The summed E-state index contributed by atoms with van der Waals surface area (Å²) in [6, 6.07) is 22.5. The van der Waals surface area contributed by atoms with Gasteiger partial charge in [-0.25, -0.2) is 0 Å². The topological polar surface area (TPSA) is 54.5 Å². The molecule has 31 heavy (non-hydrogen) atoms. The maximum absolute atomic E-state index is 11.2. The van der Waals surface area contributed by atoms with Crippen molar-refractivity contribution in [1.29, 1.82) is 0 Å². The van der Waals surface area contributed by atoms with Gasteiger partial charge in [-0.05, 0) is 73.5 Å². The van der Waals surface area contributed by atoms with Gasteiger partial charge in [-0.2, -0.15) is 0 Å². The molecule has 2 aromatic carbocycles. The van der Waals surface area contributed by atoms with Crippen molar-refractivity contribution < 1.29 is 9.53 Å². The van der Waals surface area contributed by atoms with Crippen LogP contribution in [0.1, 0.15) is 36.9 Å². The minimum absolute atomic E-state index is 0.0454. The van der Waals surface area contributed by atoms with Crippen molar-refractivity contribution in [3.63, 3.8) is 0 Å². The summed E-state index contributed by atoms with van der Waals surface area (Å²) in [6.45, 7) is 4.54. The van der Waals surface area contributed by atoms with Crippen LogP contribution in [0.15, 0.2) is 66.7 Å².